The Labute approximate surface area is 176 Å². The smallest absolute Gasteiger partial charge is 0.149 e. The van der Waals surface area contributed by atoms with Crippen LogP contribution >= 0.6 is 0 Å². The fourth-order valence-electron chi connectivity index (χ4n) is 3.44. The zero-order valence-electron chi connectivity index (χ0n) is 17.3. The summed E-state index contributed by atoms with van der Waals surface area (Å²) in [5, 5.41) is 8.57. The van der Waals surface area contributed by atoms with Crippen LogP contribution in [0.25, 0.3) is 16.9 Å². The first kappa shape index (κ1) is 18.7. The molecule has 2 aliphatic carbocycles. The van der Waals surface area contributed by atoms with Crippen LogP contribution in [0.15, 0.2) is 59.6 Å². The summed E-state index contributed by atoms with van der Waals surface area (Å²) in [5.74, 6) is 2.51. The summed E-state index contributed by atoms with van der Waals surface area (Å²) in [4.78, 5) is 4.93. The van der Waals surface area contributed by atoms with E-state index in [0.717, 1.165) is 52.8 Å². The lowest BCUT2D eigenvalue weighted by Gasteiger charge is -2.12. The van der Waals surface area contributed by atoms with Crippen LogP contribution in [-0.2, 0) is 0 Å². The maximum absolute atomic E-state index is 5.62. The molecule has 154 valence electrons. The van der Waals surface area contributed by atoms with E-state index in [0.29, 0.717) is 12.1 Å². The molecule has 2 saturated carbocycles. The van der Waals surface area contributed by atoms with Crippen LogP contribution in [0.1, 0.15) is 31.4 Å². The Balaban J connectivity index is 1.63. The van der Waals surface area contributed by atoms with Gasteiger partial charge in [-0.05, 0) is 68.1 Å². The minimum absolute atomic E-state index is 0.423. The predicted octanol–water partition coefficient (Wildman–Crippen LogP) is 4.22. The van der Waals surface area contributed by atoms with Gasteiger partial charge >= 0.3 is 0 Å². The molecule has 1 heterocycles. The van der Waals surface area contributed by atoms with Crippen molar-refractivity contribution in [2.75, 3.05) is 14.2 Å². The molecule has 0 radical (unpaired) electrons. The van der Waals surface area contributed by atoms with Gasteiger partial charge in [0.05, 0.1) is 26.0 Å². The van der Waals surface area contributed by atoms with Crippen LogP contribution in [0.2, 0.25) is 0 Å². The van der Waals surface area contributed by atoms with Crippen molar-refractivity contribution >= 4 is 5.84 Å². The van der Waals surface area contributed by atoms with Crippen molar-refractivity contribution in [3.63, 3.8) is 0 Å². The SMILES string of the molecule is COc1ccc(-c2cc(C(=NC3CC3)NC3CC3)nn2-c2ccccc2OC)cc1. The van der Waals surface area contributed by atoms with Gasteiger partial charge in [-0.3, -0.25) is 4.99 Å². The standard InChI is InChI=1S/C24H26N4O2/c1-29-19-13-7-16(8-14-19)22-15-20(24(25-17-9-10-17)26-18-11-12-18)27-28(22)21-5-3-4-6-23(21)30-2/h3-8,13-15,17-18H,9-12H2,1-2H3,(H,25,26). The molecular weight excluding hydrogens is 376 g/mol. The van der Waals surface area contributed by atoms with Gasteiger partial charge in [-0.25, -0.2) is 4.68 Å². The molecule has 2 aliphatic rings. The number of benzene rings is 2. The van der Waals surface area contributed by atoms with Crippen molar-refractivity contribution in [2.45, 2.75) is 37.8 Å². The molecule has 6 nitrogen and oxygen atoms in total. The van der Waals surface area contributed by atoms with Gasteiger partial charge < -0.3 is 14.8 Å². The van der Waals surface area contributed by atoms with Crippen LogP contribution in [0, 0.1) is 0 Å². The molecule has 1 aromatic heterocycles. The number of aromatic nitrogens is 2. The number of ether oxygens (including phenoxy) is 2. The average Bonchev–Trinajstić information content (AvgIpc) is 3.73. The molecule has 3 aromatic rings. The van der Waals surface area contributed by atoms with E-state index in [9.17, 15) is 0 Å². The monoisotopic (exact) mass is 402 g/mol. The number of nitrogens with zero attached hydrogens (tertiary/aromatic N) is 3. The first-order valence-corrected chi connectivity index (χ1v) is 10.5. The van der Waals surface area contributed by atoms with Crippen LogP contribution in [-0.4, -0.2) is 41.9 Å². The third-order valence-electron chi connectivity index (χ3n) is 5.43. The highest BCUT2D eigenvalue weighted by Crippen LogP contribution is 2.31. The first-order valence-electron chi connectivity index (χ1n) is 10.5. The number of methoxy groups -OCH3 is 2. The summed E-state index contributed by atoms with van der Waals surface area (Å²) in [6.07, 6.45) is 4.72. The van der Waals surface area contributed by atoms with Crippen molar-refractivity contribution in [3.8, 4) is 28.4 Å². The van der Waals surface area contributed by atoms with Crippen molar-refractivity contribution in [1.29, 1.82) is 0 Å². The molecule has 0 aliphatic heterocycles. The molecule has 1 N–H and O–H groups in total. The first-order chi connectivity index (χ1) is 14.7. The largest absolute Gasteiger partial charge is 0.497 e. The maximum Gasteiger partial charge on any atom is 0.149 e. The van der Waals surface area contributed by atoms with Gasteiger partial charge in [-0.15, -0.1) is 0 Å². The highest BCUT2D eigenvalue weighted by atomic mass is 16.5. The number of aliphatic imine (C=N–C) groups is 1. The Kier molecular flexibility index (Phi) is 4.91. The second-order valence-corrected chi connectivity index (χ2v) is 7.85. The maximum atomic E-state index is 5.62. The highest BCUT2D eigenvalue weighted by molar-refractivity contribution is 5.98. The van der Waals surface area contributed by atoms with Gasteiger partial charge in [0.15, 0.2) is 0 Å². The van der Waals surface area contributed by atoms with Crippen LogP contribution < -0.4 is 14.8 Å². The van der Waals surface area contributed by atoms with Gasteiger partial charge in [0.1, 0.15) is 28.7 Å². The molecule has 0 atom stereocenters. The van der Waals surface area contributed by atoms with E-state index in [-0.39, 0.29) is 0 Å². The highest BCUT2D eigenvalue weighted by Gasteiger charge is 2.28. The van der Waals surface area contributed by atoms with E-state index in [4.69, 9.17) is 19.6 Å². The van der Waals surface area contributed by atoms with E-state index in [2.05, 4.69) is 23.5 Å². The lowest BCUT2D eigenvalue weighted by molar-refractivity contribution is 0.412. The third-order valence-corrected chi connectivity index (χ3v) is 5.43. The molecular formula is C24H26N4O2. The lowest BCUT2D eigenvalue weighted by Crippen LogP contribution is -2.27. The molecule has 0 amide bonds. The van der Waals surface area contributed by atoms with Gasteiger partial charge in [0.25, 0.3) is 0 Å². The fourth-order valence-corrected chi connectivity index (χ4v) is 3.44. The van der Waals surface area contributed by atoms with Crippen molar-refractivity contribution in [2.24, 2.45) is 4.99 Å². The number of nitrogens with one attached hydrogen (secondary N) is 1. The average molecular weight is 402 g/mol. The number of hydrogen-bond acceptors (Lipinski definition) is 4. The quantitative estimate of drug-likeness (QED) is 0.475. The van der Waals surface area contributed by atoms with Gasteiger partial charge in [-0.1, -0.05) is 12.1 Å². The minimum atomic E-state index is 0.423. The number of hydrogen-bond donors (Lipinski definition) is 1. The van der Waals surface area contributed by atoms with Crippen LogP contribution in [0.4, 0.5) is 0 Å². The number of para-hydroxylation sites is 2. The summed E-state index contributed by atoms with van der Waals surface area (Å²) >= 11 is 0. The lowest BCUT2D eigenvalue weighted by atomic mass is 10.1. The number of amidine groups is 1. The van der Waals surface area contributed by atoms with E-state index in [1.54, 1.807) is 14.2 Å². The predicted molar refractivity (Wildman–Crippen MR) is 118 cm³/mol. The van der Waals surface area contributed by atoms with E-state index in [1.165, 1.54) is 12.8 Å². The Morgan fingerprint density at radius 3 is 2.43 bits per heavy atom. The van der Waals surface area contributed by atoms with Gasteiger partial charge in [-0.2, -0.15) is 5.10 Å². The summed E-state index contributed by atoms with van der Waals surface area (Å²) in [7, 11) is 3.36. The van der Waals surface area contributed by atoms with Crippen molar-refractivity contribution in [3.05, 3.63) is 60.3 Å². The normalized spacial score (nSPS) is 16.4. The summed E-state index contributed by atoms with van der Waals surface area (Å²) in [6, 6.07) is 19.0. The molecule has 30 heavy (non-hydrogen) atoms. The molecule has 0 unspecified atom stereocenters. The molecule has 0 spiro atoms. The molecule has 0 bridgehead atoms. The zero-order chi connectivity index (χ0) is 20.5. The fraction of sp³-hybridized carbons (Fsp3) is 0.333. The Bertz CT molecular complexity index is 1060. The number of rotatable bonds is 7. The second kappa shape index (κ2) is 7.86. The molecule has 2 aromatic carbocycles. The Morgan fingerprint density at radius 2 is 1.77 bits per heavy atom. The minimum Gasteiger partial charge on any atom is -0.497 e. The Hall–Kier alpha value is -3.28. The summed E-state index contributed by atoms with van der Waals surface area (Å²) in [6.45, 7) is 0. The Morgan fingerprint density at radius 1 is 1.00 bits per heavy atom. The zero-order valence-corrected chi connectivity index (χ0v) is 17.3. The van der Waals surface area contributed by atoms with E-state index < -0.39 is 0 Å². The molecule has 0 saturated heterocycles. The molecule has 6 heteroatoms. The second-order valence-electron chi connectivity index (χ2n) is 7.85. The van der Waals surface area contributed by atoms with Gasteiger partial charge in [0, 0.05) is 11.6 Å². The van der Waals surface area contributed by atoms with Crippen LogP contribution in [0.5, 0.6) is 11.5 Å². The summed E-state index contributed by atoms with van der Waals surface area (Å²) < 4.78 is 12.9. The van der Waals surface area contributed by atoms with Crippen molar-refractivity contribution < 1.29 is 9.47 Å². The molecule has 5 rings (SSSR count). The van der Waals surface area contributed by atoms with Gasteiger partial charge in [0.2, 0.25) is 0 Å². The van der Waals surface area contributed by atoms with E-state index in [1.807, 2.05) is 41.1 Å². The summed E-state index contributed by atoms with van der Waals surface area (Å²) in [5.41, 5.74) is 3.80. The molecule has 2 fully saturated rings. The van der Waals surface area contributed by atoms with Crippen LogP contribution in [0.3, 0.4) is 0 Å². The topological polar surface area (TPSA) is 60.7 Å². The third kappa shape index (κ3) is 3.90. The van der Waals surface area contributed by atoms with Crippen molar-refractivity contribution in [1.82, 2.24) is 15.1 Å². The van der Waals surface area contributed by atoms with E-state index >= 15 is 0 Å².